The van der Waals surface area contributed by atoms with E-state index in [2.05, 4.69) is 5.32 Å². The number of thiophene rings is 1. The molecule has 0 bridgehead atoms. The van der Waals surface area contributed by atoms with Crippen LogP contribution in [0.4, 0.5) is 5.00 Å². The summed E-state index contributed by atoms with van der Waals surface area (Å²) in [6.07, 6.45) is 3.09. The molecule has 0 fully saturated rings. The van der Waals surface area contributed by atoms with Gasteiger partial charge < -0.3 is 10.1 Å². The first kappa shape index (κ1) is 23.3. The molecule has 0 atom stereocenters. The Balaban J connectivity index is 1.28. The first-order chi connectivity index (χ1) is 17.1. The van der Waals surface area contributed by atoms with Crippen molar-refractivity contribution in [3.63, 3.8) is 0 Å². The highest BCUT2D eigenvalue weighted by molar-refractivity contribution is 7.99. The molecule has 1 aliphatic rings. The number of carbonyl (C=O) groups excluding carboxylic acids is 2. The molecule has 0 spiro atoms. The zero-order chi connectivity index (χ0) is 24.2. The van der Waals surface area contributed by atoms with E-state index in [4.69, 9.17) is 14.8 Å². The molecule has 0 aliphatic heterocycles. The monoisotopic (exact) mass is 504 g/mol. The number of rotatable bonds is 8. The van der Waals surface area contributed by atoms with E-state index in [1.165, 1.54) is 35.1 Å². The molecule has 1 amide bonds. The van der Waals surface area contributed by atoms with Crippen LogP contribution >= 0.6 is 23.1 Å². The van der Waals surface area contributed by atoms with E-state index in [-0.39, 0.29) is 12.3 Å². The number of thioether (sulfide) groups is 1. The Bertz CT molecular complexity index is 1290. The summed E-state index contributed by atoms with van der Waals surface area (Å²) < 4.78 is 6.79. The molecule has 0 unspecified atom stereocenters. The minimum absolute atomic E-state index is 0.145. The molecule has 0 radical (unpaired) electrons. The zero-order valence-electron chi connectivity index (χ0n) is 19.2. The maximum Gasteiger partial charge on any atom is 0.341 e. The van der Waals surface area contributed by atoms with Crippen molar-refractivity contribution in [3.05, 3.63) is 76.7 Å². The van der Waals surface area contributed by atoms with Crippen LogP contribution in [0.15, 0.2) is 65.8 Å². The Morgan fingerprint density at radius 2 is 1.83 bits per heavy atom. The summed E-state index contributed by atoms with van der Waals surface area (Å²) in [6, 6.07) is 19.8. The molecule has 0 saturated carbocycles. The fraction of sp³-hybridized carbons (Fsp3) is 0.231. The summed E-state index contributed by atoms with van der Waals surface area (Å²) in [7, 11) is 1.37. The van der Waals surface area contributed by atoms with Crippen LogP contribution in [0.25, 0.3) is 17.1 Å². The van der Waals surface area contributed by atoms with Gasteiger partial charge >= 0.3 is 5.97 Å². The van der Waals surface area contributed by atoms with E-state index in [1.54, 1.807) is 0 Å². The number of anilines is 1. The molecule has 9 heteroatoms. The second-order valence-electron chi connectivity index (χ2n) is 8.03. The number of para-hydroxylation sites is 1. The number of nitrogens with zero attached hydrogens (tertiary/aromatic N) is 3. The van der Waals surface area contributed by atoms with Gasteiger partial charge in [0.2, 0.25) is 11.1 Å². The van der Waals surface area contributed by atoms with Gasteiger partial charge in [-0.15, -0.1) is 16.4 Å². The molecule has 2 aromatic carbocycles. The van der Waals surface area contributed by atoms with Crippen molar-refractivity contribution in [2.24, 2.45) is 0 Å². The smallest absolute Gasteiger partial charge is 0.341 e. The average molecular weight is 505 g/mol. The van der Waals surface area contributed by atoms with Crippen molar-refractivity contribution in [3.8, 4) is 17.1 Å². The number of methoxy groups -OCH3 is 1. The summed E-state index contributed by atoms with van der Waals surface area (Å²) in [5.74, 6) is 0.725. The molecule has 178 valence electrons. The van der Waals surface area contributed by atoms with Crippen molar-refractivity contribution >= 4 is 40.0 Å². The topological polar surface area (TPSA) is 86.1 Å². The predicted molar refractivity (Wildman–Crippen MR) is 138 cm³/mol. The molecule has 4 aromatic rings. The lowest BCUT2D eigenvalue weighted by Crippen LogP contribution is -2.14. The third kappa shape index (κ3) is 5.01. The number of esters is 1. The van der Waals surface area contributed by atoms with Crippen LogP contribution in [0.3, 0.4) is 0 Å². The molecular formula is C26H24N4O3S2. The number of hydrogen-bond acceptors (Lipinski definition) is 7. The van der Waals surface area contributed by atoms with Crippen LogP contribution in [0, 0.1) is 0 Å². The van der Waals surface area contributed by atoms with Crippen LogP contribution in [-0.4, -0.2) is 39.5 Å². The van der Waals surface area contributed by atoms with Gasteiger partial charge in [0.25, 0.3) is 0 Å². The Labute approximate surface area is 211 Å². The van der Waals surface area contributed by atoms with Crippen LogP contribution < -0.4 is 5.32 Å². The van der Waals surface area contributed by atoms with E-state index in [1.807, 2.05) is 65.3 Å². The minimum Gasteiger partial charge on any atom is -0.465 e. The van der Waals surface area contributed by atoms with Crippen LogP contribution in [0.2, 0.25) is 0 Å². The minimum atomic E-state index is -0.391. The van der Waals surface area contributed by atoms with Gasteiger partial charge in [-0.05, 0) is 37.0 Å². The van der Waals surface area contributed by atoms with Gasteiger partial charge in [0.05, 0.1) is 18.4 Å². The van der Waals surface area contributed by atoms with Crippen molar-refractivity contribution < 1.29 is 14.3 Å². The number of aryl methyl sites for hydroxylation is 1. The maximum absolute atomic E-state index is 12.7. The van der Waals surface area contributed by atoms with E-state index in [9.17, 15) is 9.59 Å². The summed E-state index contributed by atoms with van der Waals surface area (Å²) in [5, 5.41) is 8.82. The molecule has 2 aromatic heterocycles. The second kappa shape index (κ2) is 10.5. The number of ether oxygens (including phenoxy) is 1. The largest absolute Gasteiger partial charge is 0.465 e. The number of fused-ring (bicyclic) bond motifs is 1. The van der Waals surface area contributed by atoms with E-state index < -0.39 is 5.97 Å². The molecule has 1 aliphatic carbocycles. The second-order valence-corrected chi connectivity index (χ2v) is 10.2. The Kier molecular flexibility index (Phi) is 6.96. The quantitative estimate of drug-likeness (QED) is 0.256. The van der Waals surface area contributed by atoms with Gasteiger partial charge in [-0.25, -0.2) is 14.5 Å². The molecule has 0 saturated heterocycles. The van der Waals surface area contributed by atoms with Gasteiger partial charge in [-0.1, -0.05) is 60.3 Å². The lowest BCUT2D eigenvalue weighted by atomic mass is 10.1. The predicted octanol–water partition coefficient (Wildman–Crippen LogP) is 5.39. The van der Waals surface area contributed by atoms with Crippen LogP contribution in [-0.2, 0) is 22.4 Å². The van der Waals surface area contributed by atoms with Crippen molar-refractivity contribution in [1.82, 2.24) is 14.8 Å². The molecule has 2 heterocycles. The number of benzene rings is 2. The lowest BCUT2D eigenvalue weighted by molar-refractivity contribution is -0.115. The lowest BCUT2D eigenvalue weighted by Gasteiger charge is -2.06. The van der Waals surface area contributed by atoms with Gasteiger partial charge in [-0.2, -0.15) is 0 Å². The molecular weight excluding hydrogens is 480 g/mol. The number of nitrogens with one attached hydrogen (secondary N) is 1. The summed E-state index contributed by atoms with van der Waals surface area (Å²) >= 11 is 2.91. The molecule has 35 heavy (non-hydrogen) atoms. The highest BCUT2D eigenvalue weighted by Gasteiger charge is 2.28. The van der Waals surface area contributed by atoms with Crippen molar-refractivity contribution in [2.45, 2.75) is 30.8 Å². The Morgan fingerprint density at radius 1 is 1.09 bits per heavy atom. The standard InChI is InChI=1S/C26H24N4O3S2/c1-33-25(32)22-19-13-8-14-20(19)35-24(22)27-21(31)15-16-34-26-28-23(17-9-4-2-5-10-17)30(29-26)18-11-6-3-7-12-18/h2-7,9-12H,8,13-16H2,1H3,(H,27,31). The molecule has 5 rings (SSSR count). The number of hydrogen-bond donors (Lipinski definition) is 1. The summed E-state index contributed by atoms with van der Waals surface area (Å²) in [5.41, 5.74) is 3.43. The van der Waals surface area contributed by atoms with Gasteiger partial charge in [-0.3, -0.25) is 4.79 Å². The fourth-order valence-electron chi connectivity index (χ4n) is 4.11. The summed E-state index contributed by atoms with van der Waals surface area (Å²) in [6.45, 7) is 0. The fourth-order valence-corrected chi connectivity index (χ4v) is 6.17. The maximum atomic E-state index is 12.7. The highest BCUT2D eigenvalue weighted by Crippen LogP contribution is 2.39. The van der Waals surface area contributed by atoms with Gasteiger partial charge in [0.1, 0.15) is 5.00 Å². The van der Waals surface area contributed by atoms with E-state index >= 15 is 0 Å². The first-order valence-electron chi connectivity index (χ1n) is 11.4. The zero-order valence-corrected chi connectivity index (χ0v) is 20.8. The van der Waals surface area contributed by atoms with E-state index in [0.717, 1.165) is 41.9 Å². The van der Waals surface area contributed by atoms with Gasteiger partial charge in [0, 0.05) is 22.6 Å². The Morgan fingerprint density at radius 3 is 2.57 bits per heavy atom. The molecule has 7 nitrogen and oxygen atoms in total. The SMILES string of the molecule is COC(=O)c1c(NC(=O)CCSc2nc(-c3ccccc3)n(-c3ccccc3)n2)sc2c1CCC2. The average Bonchev–Trinajstić information content (AvgIpc) is 3.59. The van der Waals surface area contributed by atoms with Crippen molar-refractivity contribution in [1.29, 1.82) is 0 Å². The van der Waals surface area contributed by atoms with Crippen LogP contribution in [0.5, 0.6) is 0 Å². The van der Waals surface area contributed by atoms with E-state index in [0.29, 0.717) is 21.5 Å². The first-order valence-corrected chi connectivity index (χ1v) is 13.2. The number of amides is 1. The number of carbonyl (C=O) groups is 2. The highest BCUT2D eigenvalue weighted by atomic mass is 32.2. The Hall–Kier alpha value is -3.43. The third-order valence-electron chi connectivity index (χ3n) is 5.74. The van der Waals surface area contributed by atoms with Crippen molar-refractivity contribution in [2.75, 3.05) is 18.2 Å². The molecule has 1 N–H and O–H groups in total. The third-order valence-corrected chi connectivity index (χ3v) is 7.79. The normalized spacial score (nSPS) is 12.4. The van der Waals surface area contributed by atoms with Gasteiger partial charge in [0.15, 0.2) is 5.82 Å². The van der Waals surface area contributed by atoms with Crippen LogP contribution in [0.1, 0.15) is 33.6 Å². The number of aromatic nitrogens is 3. The summed E-state index contributed by atoms with van der Waals surface area (Å²) in [4.78, 5) is 30.9.